The Hall–Kier alpha value is -3.65. The zero-order valence-electron chi connectivity index (χ0n) is 21.6. The smallest absolute Gasteiger partial charge is 0.408 e. The van der Waals surface area contributed by atoms with Gasteiger partial charge in [0.2, 0.25) is 5.88 Å². The number of aromatic nitrogens is 2. The highest BCUT2D eigenvalue weighted by molar-refractivity contribution is 6.05. The second-order valence-electron chi connectivity index (χ2n) is 10.1. The monoisotopic (exact) mass is 550 g/mol. The molecule has 39 heavy (non-hydrogen) atoms. The third kappa shape index (κ3) is 5.86. The Morgan fingerprint density at radius 3 is 2.74 bits per heavy atom. The van der Waals surface area contributed by atoms with Gasteiger partial charge in [0, 0.05) is 19.2 Å². The summed E-state index contributed by atoms with van der Waals surface area (Å²) >= 11 is 0. The Morgan fingerprint density at radius 1 is 1.23 bits per heavy atom. The zero-order chi connectivity index (χ0) is 27.9. The molecule has 3 amide bonds. The van der Waals surface area contributed by atoms with Crippen LogP contribution in [0.1, 0.15) is 37.7 Å². The van der Waals surface area contributed by atoms with Gasteiger partial charge >= 0.3 is 12.2 Å². The molecule has 3 aliphatic rings. The number of ether oxygens (including phenoxy) is 3. The summed E-state index contributed by atoms with van der Waals surface area (Å²) in [7, 11) is 0. The van der Waals surface area contributed by atoms with Crippen LogP contribution in [0.25, 0.3) is 0 Å². The number of anilines is 3. The van der Waals surface area contributed by atoms with Crippen LogP contribution < -0.4 is 25.2 Å². The molecule has 3 aliphatic heterocycles. The number of amides is 3. The van der Waals surface area contributed by atoms with Crippen molar-refractivity contribution in [2.24, 2.45) is 0 Å². The first kappa shape index (κ1) is 26.9. The van der Waals surface area contributed by atoms with Crippen LogP contribution >= 0.6 is 0 Å². The van der Waals surface area contributed by atoms with E-state index in [9.17, 15) is 22.8 Å². The normalized spacial score (nSPS) is 22.3. The molecular formula is C25H29F3N6O5. The van der Waals surface area contributed by atoms with E-state index in [4.69, 9.17) is 14.2 Å². The van der Waals surface area contributed by atoms with E-state index in [2.05, 4.69) is 15.3 Å². The van der Waals surface area contributed by atoms with E-state index in [1.165, 1.54) is 11.0 Å². The van der Waals surface area contributed by atoms with Gasteiger partial charge in [0.15, 0.2) is 11.6 Å². The van der Waals surface area contributed by atoms with E-state index in [1.54, 1.807) is 24.3 Å². The topological polar surface area (TPSA) is 118 Å². The summed E-state index contributed by atoms with van der Waals surface area (Å²) in [5, 5.41) is 4.66. The fourth-order valence-electron chi connectivity index (χ4n) is 4.71. The van der Waals surface area contributed by atoms with Gasteiger partial charge in [-0.25, -0.2) is 9.78 Å². The van der Waals surface area contributed by atoms with Crippen molar-refractivity contribution in [3.63, 3.8) is 0 Å². The van der Waals surface area contributed by atoms with Crippen molar-refractivity contribution in [3.8, 4) is 5.88 Å². The van der Waals surface area contributed by atoms with E-state index in [0.29, 0.717) is 31.8 Å². The van der Waals surface area contributed by atoms with Gasteiger partial charge in [0.25, 0.3) is 5.91 Å². The maximum Gasteiger partial charge on any atom is 0.408 e. The summed E-state index contributed by atoms with van der Waals surface area (Å²) in [4.78, 5) is 38.1. The fraction of sp³-hybridized carbons (Fsp3) is 0.520. The molecule has 210 valence electrons. The van der Waals surface area contributed by atoms with E-state index in [-0.39, 0.29) is 42.0 Å². The van der Waals surface area contributed by atoms with Crippen LogP contribution in [-0.4, -0.2) is 78.4 Å². The van der Waals surface area contributed by atoms with Gasteiger partial charge in [0.05, 0.1) is 18.3 Å². The number of nitrogens with one attached hydrogen (secondary N) is 2. The highest BCUT2D eigenvalue weighted by Crippen LogP contribution is 2.39. The Kier molecular flexibility index (Phi) is 7.01. The predicted molar refractivity (Wildman–Crippen MR) is 134 cm³/mol. The van der Waals surface area contributed by atoms with Gasteiger partial charge in [0.1, 0.15) is 30.3 Å². The zero-order valence-corrected chi connectivity index (χ0v) is 21.6. The fourth-order valence-corrected chi connectivity index (χ4v) is 4.71. The lowest BCUT2D eigenvalue weighted by Gasteiger charge is -2.35. The van der Waals surface area contributed by atoms with E-state index >= 15 is 0 Å². The molecule has 0 saturated carbocycles. The minimum Gasteiger partial charge on any atom is -0.475 e. The van der Waals surface area contributed by atoms with Gasteiger partial charge in [-0.2, -0.15) is 18.2 Å². The number of alkyl halides is 3. The molecule has 0 unspecified atom stereocenters. The number of hydrogen-bond donors (Lipinski definition) is 2. The summed E-state index contributed by atoms with van der Waals surface area (Å²) in [6, 6.07) is 5.06. The molecule has 2 fully saturated rings. The summed E-state index contributed by atoms with van der Waals surface area (Å²) in [6.07, 6.45) is -4.19. The number of urea groups is 1. The Labute approximate surface area is 222 Å². The molecule has 5 heterocycles. The first-order valence-electron chi connectivity index (χ1n) is 12.5. The Bertz CT molecular complexity index is 1260. The molecule has 0 aromatic carbocycles. The third-order valence-electron chi connectivity index (χ3n) is 6.68. The quantitative estimate of drug-likeness (QED) is 0.563. The predicted octanol–water partition coefficient (Wildman–Crippen LogP) is 3.32. The number of pyridine rings is 2. The molecule has 2 aromatic heterocycles. The van der Waals surface area contributed by atoms with E-state index < -0.39 is 29.9 Å². The van der Waals surface area contributed by atoms with Crippen LogP contribution in [0.5, 0.6) is 5.88 Å². The van der Waals surface area contributed by atoms with Crippen molar-refractivity contribution in [3.05, 3.63) is 36.0 Å². The van der Waals surface area contributed by atoms with Crippen LogP contribution in [0.3, 0.4) is 0 Å². The number of nitrogens with zero attached hydrogens (tertiary/aromatic N) is 4. The van der Waals surface area contributed by atoms with E-state index in [1.807, 2.05) is 24.1 Å². The first-order valence-corrected chi connectivity index (χ1v) is 12.5. The van der Waals surface area contributed by atoms with Crippen LogP contribution in [0, 0.1) is 0 Å². The summed E-state index contributed by atoms with van der Waals surface area (Å²) in [5.41, 5.74) is 0.394. The number of carbonyl (C=O) groups excluding carboxylic acids is 2. The summed E-state index contributed by atoms with van der Waals surface area (Å²) in [5.74, 6) is -0.952. The van der Waals surface area contributed by atoms with Crippen molar-refractivity contribution in [2.45, 2.75) is 57.3 Å². The van der Waals surface area contributed by atoms with Gasteiger partial charge in [-0.1, -0.05) is 6.07 Å². The average Bonchev–Trinajstić information content (AvgIpc) is 3.45. The molecule has 0 radical (unpaired) electrons. The maximum atomic E-state index is 13.4. The van der Waals surface area contributed by atoms with Crippen molar-refractivity contribution < 1.29 is 37.0 Å². The molecule has 0 aliphatic carbocycles. The number of carbonyl (C=O) groups is 2. The lowest BCUT2D eigenvalue weighted by Crippen LogP contribution is -2.49. The molecule has 2 aromatic rings. The molecule has 0 spiro atoms. The molecular weight excluding hydrogens is 521 g/mol. The number of fused-ring (bicyclic) bond motifs is 4. The third-order valence-corrected chi connectivity index (χ3v) is 6.68. The van der Waals surface area contributed by atoms with Gasteiger partial charge in [-0.15, -0.1) is 0 Å². The second-order valence-corrected chi connectivity index (χ2v) is 10.1. The largest absolute Gasteiger partial charge is 0.475 e. The van der Waals surface area contributed by atoms with Crippen molar-refractivity contribution in [1.82, 2.24) is 15.3 Å². The maximum absolute atomic E-state index is 13.4. The van der Waals surface area contributed by atoms with Gasteiger partial charge in [-0.05, 0) is 45.4 Å². The van der Waals surface area contributed by atoms with Crippen LogP contribution in [0.4, 0.5) is 35.3 Å². The number of hydrogen-bond acceptors (Lipinski definition) is 8. The number of rotatable bonds is 6. The molecule has 2 bridgehead atoms. The molecule has 2 saturated heterocycles. The molecule has 14 heteroatoms. The summed E-state index contributed by atoms with van der Waals surface area (Å²) < 4.78 is 55.8. The standard InChI is InChI=1S/C25H29F3N6O5/c1-14(25(26,27)28)29-22(35)17-7-8-18-21(30-17)34(15-9-10-33(18)11-15)23(36)32-19-5-4-6-20(31-19)37-12-16-13-38-24(2,3)39-16/h4-8,14-16H,9-13H2,1-3H3,(H,29,35)(H,31,32,36)/t14-,15+,16+/m1/s1. The second kappa shape index (κ2) is 10.2. The highest BCUT2D eigenvalue weighted by atomic mass is 19.4. The minimum absolute atomic E-state index is 0.196. The highest BCUT2D eigenvalue weighted by Gasteiger charge is 2.41. The van der Waals surface area contributed by atoms with Gasteiger partial charge in [-0.3, -0.25) is 15.0 Å². The van der Waals surface area contributed by atoms with E-state index in [0.717, 1.165) is 6.92 Å². The Balaban J connectivity index is 1.31. The first-order chi connectivity index (χ1) is 18.4. The molecule has 3 atom stereocenters. The van der Waals surface area contributed by atoms with Crippen LogP contribution in [0.2, 0.25) is 0 Å². The average molecular weight is 551 g/mol. The molecule has 2 N–H and O–H groups in total. The summed E-state index contributed by atoms with van der Waals surface area (Å²) in [6.45, 7) is 6.32. The van der Waals surface area contributed by atoms with Crippen molar-refractivity contribution in [1.29, 1.82) is 0 Å². The lowest BCUT2D eigenvalue weighted by molar-refractivity contribution is -0.149. The van der Waals surface area contributed by atoms with Crippen molar-refractivity contribution in [2.75, 3.05) is 41.4 Å². The Morgan fingerprint density at radius 2 is 2.03 bits per heavy atom. The molecule has 11 nitrogen and oxygen atoms in total. The molecule has 5 rings (SSSR count). The minimum atomic E-state index is -4.60. The lowest BCUT2D eigenvalue weighted by atomic mass is 10.1. The van der Waals surface area contributed by atoms with Crippen LogP contribution in [0.15, 0.2) is 30.3 Å². The van der Waals surface area contributed by atoms with Gasteiger partial charge < -0.3 is 24.4 Å². The number of halogens is 3. The SMILES string of the molecule is C[C@@H](NC(=O)c1ccc2c(n1)N(C(=O)Nc1cccc(OC[C@H]3COC(C)(C)O3)n1)[C@H]1CCN2C1)C(F)(F)F. The van der Waals surface area contributed by atoms with Crippen molar-refractivity contribution >= 4 is 29.3 Å². The van der Waals surface area contributed by atoms with Crippen LogP contribution in [-0.2, 0) is 9.47 Å².